The van der Waals surface area contributed by atoms with Crippen molar-refractivity contribution in [2.45, 2.75) is 52.6 Å². The molecule has 0 spiro atoms. The van der Waals surface area contributed by atoms with Crippen LogP contribution < -0.4 is 9.47 Å². The quantitative estimate of drug-likeness (QED) is 0.376. The van der Waals surface area contributed by atoms with E-state index in [1.54, 1.807) is 12.1 Å². The summed E-state index contributed by atoms with van der Waals surface area (Å²) in [5, 5.41) is 0. The summed E-state index contributed by atoms with van der Waals surface area (Å²) < 4.78 is 11.1. The van der Waals surface area contributed by atoms with Crippen molar-refractivity contribution in [2.24, 2.45) is 11.8 Å². The number of Topliss-reactive ketones (excluding diaryl/α,β-unsaturated/α-hetero) is 1. The molecule has 4 heteroatoms. The molecule has 0 bridgehead atoms. The average Bonchev–Trinajstić information content (AvgIpc) is 3.50. The van der Waals surface area contributed by atoms with E-state index >= 15 is 0 Å². The number of carbonyl (C=O) groups excluding carboxylic acids is 2. The van der Waals surface area contributed by atoms with Crippen LogP contribution in [0.2, 0.25) is 0 Å². The Bertz CT molecular complexity index is 1200. The lowest BCUT2D eigenvalue weighted by Crippen LogP contribution is -2.18. The zero-order chi connectivity index (χ0) is 23.7. The Morgan fingerprint density at radius 2 is 1.56 bits per heavy atom. The maximum Gasteiger partial charge on any atom is 0.298 e. The van der Waals surface area contributed by atoms with Gasteiger partial charge in [-0.15, -0.1) is 0 Å². The Morgan fingerprint density at radius 1 is 0.912 bits per heavy atom. The number of ketones is 1. The minimum absolute atomic E-state index is 0.164. The van der Waals surface area contributed by atoms with Gasteiger partial charge in [0.1, 0.15) is 18.1 Å². The van der Waals surface area contributed by atoms with Crippen molar-refractivity contribution in [1.29, 1.82) is 0 Å². The zero-order valence-corrected chi connectivity index (χ0v) is 19.8. The van der Waals surface area contributed by atoms with Gasteiger partial charge in [0.25, 0.3) is 6.47 Å². The lowest BCUT2D eigenvalue weighted by Gasteiger charge is -2.16. The van der Waals surface area contributed by atoms with Crippen molar-refractivity contribution >= 4 is 12.3 Å². The second kappa shape index (κ2) is 9.46. The molecule has 1 fully saturated rings. The third-order valence-electron chi connectivity index (χ3n) is 7.65. The van der Waals surface area contributed by atoms with Crippen LogP contribution in [0.25, 0.3) is 11.1 Å². The molecule has 3 aromatic rings. The van der Waals surface area contributed by atoms with Gasteiger partial charge in [-0.1, -0.05) is 49.2 Å². The Balaban J connectivity index is 1.28. The first-order valence-electron chi connectivity index (χ1n) is 12.1. The number of rotatable bonds is 7. The van der Waals surface area contributed by atoms with E-state index in [1.165, 1.54) is 25.7 Å². The van der Waals surface area contributed by atoms with E-state index in [0.717, 1.165) is 51.1 Å². The number of ether oxygens (including phenoxy) is 2. The van der Waals surface area contributed by atoms with Gasteiger partial charge in [0, 0.05) is 11.5 Å². The average molecular weight is 455 g/mol. The highest BCUT2D eigenvalue weighted by Gasteiger charge is 2.39. The highest BCUT2D eigenvalue weighted by atomic mass is 16.5. The van der Waals surface area contributed by atoms with Crippen LogP contribution >= 0.6 is 0 Å². The highest BCUT2D eigenvalue weighted by Crippen LogP contribution is 2.43. The van der Waals surface area contributed by atoms with E-state index in [2.05, 4.69) is 44.2 Å². The molecule has 1 unspecified atom stereocenters. The van der Waals surface area contributed by atoms with Crippen molar-refractivity contribution in [3.8, 4) is 22.6 Å². The normalized spacial score (nSPS) is 17.6. The van der Waals surface area contributed by atoms with Crippen LogP contribution in [0.1, 0.15) is 58.3 Å². The molecule has 0 heterocycles. The largest absolute Gasteiger partial charge is 0.489 e. The van der Waals surface area contributed by atoms with Crippen molar-refractivity contribution in [3.05, 3.63) is 82.4 Å². The van der Waals surface area contributed by atoms with Gasteiger partial charge < -0.3 is 9.47 Å². The molecule has 0 aromatic heterocycles. The highest BCUT2D eigenvalue weighted by molar-refractivity contribution is 6.04. The molecule has 5 rings (SSSR count). The Kier molecular flexibility index (Phi) is 6.23. The van der Waals surface area contributed by atoms with Crippen molar-refractivity contribution in [1.82, 2.24) is 0 Å². The van der Waals surface area contributed by atoms with Crippen LogP contribution in [0.5, 0.6) is 11.5 Å². The molecule has 0 aliphatic heterocycles. The number of benzene rings is 3. The van der Waals surface area contributed by atoms with Gasteiger partial charge in [-0.25, -0.2) is 0 Å². The molecule has 1 atom stereocenters. The third-order valence-corrected chi connectivity index (χ3v) is 7.65. The first kappa shape index (κ1) is 22.4. The Labute approximate surface area is 200 Å². The zero-order valence-electron chi connectivity index (χ0n) is 19.8. The first-order valence-corrected chi connectivity index (χ1v) is 12.1. The molecule has 4 nitrogen and oxygen atoms in total. The summed E-state index contributed by atoms with van der Waals surface area (Å²) in [5.41, 5.74) is 7.48. The molecular weight excluding hydrogens is 424 g/mol. The van der Waals surface area contributed by atoms with Gasteiger partial charge in [-0.2, -0.15) is 0 Å². The van der Waals surface area contributed by atoms with Crippen molar-refractivity contribution in [2.75, 3.05) is 0 Å². The molecule has 1 saturated carbocycles. The molecule has 174 valence electrons. The van der Waals surface area contributed by atoms with E-state index in [4.69, 9.17) is 9.47 Å². The van der Waals surface area contributed by atoms with Gasteiger partial charge in [-0.05, 0) is 90.6 Å². The fourth-order valence-electron chi connectivity index (χ4n) is 5.60. The van der Waals surface area contributed by atoms with Crippen LogP contribution in [-0.2, 0) is 17.8 Å². The molecule has 3 aromatic carbocycles. The van der Waals surface area contributed by atoms with Gasteiger partial charge in [0.05, 0.1) is 0 Å². The first-order chi connectivity index (χ1) is 16.5. The summed E-state index contributed by atoms with van der Waals surface area (Å²) >= 11 is 0. The Hall–Kier alpha value is -3.40. The summed E-state index contributed by atoms with van der Waals surface area (Å²) in [6.45, 7) is 5.03. The van der Waals surface area contributed by atoms with Crippen molar-refractivity contribution < 1.29 is 19.1 Å². The van der Waals surface area contributed by atoms with Crippen LogP contribution in [0.15, 0.2) is 54.6 Å². The van der Waals surface area contributed by atoms with Gasteiger partial charge in [-0.3, -0.25) is 9.59 Å². The number of hydrogen-bond acceptors (Lipinski definition) is 4. The van der Waals surface area contributed by atoms with Gasteiger partial charge in [0.2, 0.25) is 0 Å². The molecule has 2 aliphatic carbocycles. The van der Waals surface area contributed by atoms with Crippen LogP contribution in [0.3, 0.4) is 0 Å². The monoisotopic (exact) mass is 454 g/mol. The van der Waals surface area contributed by atoms with E-state index in [1.807, 2.05) is 12.1 Å². The molecular formula is C30H30O4. The molecule has 0 N–H and O–H groups in total. The summed E-state index contributed by atoms with van der Waals surface area (Å²) in [7, 11) is 0. The lowest BCUT2D eigenvalue weighted by molar-refractivity contribution is -0.120. The van der Waals surface area contributed by atoms with Gasteiger partial charge in [0.15, 0.2) is 5.78 Å². The minimum Gasteiger partial charge on any atom is -0.489 e. The summed E-state index contributed by atoms with van der Waals surface area (Å²) in [6.07, 6.45) is 5.77. The summed E-state index contributed by atoms with van der Waals surface area (Å²) in [4.78, 5) is 23.6. The lowest BCUT2D eigenvalue weighted by atomic mass is 9.87. The molecule has 0 radical (unpaired) electrons. The van der Waals surface area contributed by atoms with Crippen molar-refractivity contribution in [3.63, 3.8) is 0 Å². The van der Waals surface area contributed by atoms with Crippen LogP contribution in [0, 0.1) is 25.7 Å². The second-order valence-corrected chi connectivity index (χ2v) is 9.60. The predicted octanol–water partition coefficient (Wildman–Crippen LogP) is 6.63. The standard InChI is InChI=1S/C30H30O4/c1-19-20(2)29-25(15-27(30(29)32)24-5-3-4-6-24)16-28(19)33-17-21-7-9-22(10-8-21)23-11-13-26(14-12-23)34-18-31/h7-14,16,18,24,27H,3-6,15,17H2,1-2H3. The summed E-state index contributed by atoms with van der Waals surface area (Å²) in [6, 6.07) is 17.8. The third kappa shape index (κ3) is 4.25. The predicted molar refractivity (Wildman–Crippen MR) is 132 cm³/mol. The summed E-state index contributed by atoms with van der Waals surface area (Å²) in [5.74, 6) is 2.48. The van der Waals surface area contributed by atoms with Gasteiger partial charge >= 0.3 is 0 Å². The fourth-order valence-corrected chi connectivity index (χ4v) is 5.60. The SMILES string of the molecule is Cc1c(OCc2ccc(-c3ccc(OC=O)cc3)cc2)cc2c(c1C)C(=O)C(C1CCCC1)C2. The molecule has 0 saturated heterocycles. The fraction of sp³-hybridized carbons (Fsp3) is 0.333. The maximum absolute atomic E-state index is 13.2. The van der Waals surface area contributed by atoms with E-state index < -0.39 is 0 Å². The number of carbonyl (C=O) groups is 2. The van der Waals surface area contributed by atoms with E-state index in [9.17, 15) is 9.59 Å². The molecule has 0 amide bonds. The molecule has 34 heavy (non-hydrogen) atoms. The topological polar surface area (TPSA) is 52.6 Å². The van der Waals surface area contributed by atoms with E-state index in [0.29, 0.717) is 30.5 Å². The number of fused-ring (bicyclic) bond motifs is 1. The van der Waals surface area contributed by atoms with Crippen LogP contribution in [0.4, 0.5) is 0 Å². The number of hydrogen-bond donors (Lipinski definition) is 0. The van der Waals surface area contributed by atoms with Crippen LogP contribution in [-0.4, -0.2) is 12.3 Å². The van der Waals surface area contributed by atoms with E-state index in [-0.39, 0.29) is 5.92 Å². The maximum atomic E-state index is 13.2. The second-order valence-electron chi connectivity index (χ2n) is 9.60. The molecule has 2 aliphatic rings. The Morgan fingerprint density at radius 3 is 2.21 bits per heavy atom. The smallest absolute Gasteiger partial charge is 0.298 e. The minimum atomic E-state index is 0.164.